The highest BCUT2D eigenvalue weighted by Crippen LogP contribution is 2.06. The summed E-state index contributed by atoms with van der Waals surface area (Å²) in [6.07, 6.45) is 0. The summed E-state index contributed by atoms with van der Waals surface area (Å²) in [4.78, 5) is 0. The highest BCUT2D eigenvalue weighted by molar-refractivity contribution is 4.46. The van der Waals surface area contributed by atoms with Crippen LogP contribution < -0.4 is 48.0 Å². The fraction of sp³-hybridized carbons (Fsp3) is 1.00. The molecule has 0 aromatic rings. The van der Waals surface area contributed by atoms with Crippen molar-refractivity contribution in [3.63, 3.8) is 0 Å². The smallest absolute Gasteiger partial charge is 0.135 e. The zero-order valence-electron chi connectivity index (χ0n) is 19.1. The highest BCUT2D eigenvalue weighted by Gasteiger charge is 2.25. The molecule has 0 aromatic carbocycles. The fourth-order valence-corrected chi connectivity index (χ4v) is 2.08. The molecule has 152 valence electrons. The molecule has 0 amide bonds. The van der Waals surface area contributed by atoms with Crippen LogP contribution in [0.1, 0.15) is 13.8 Å². The van der Waals surface area contributed by atoms with Crippen LogP contribution in [0.4, 0.5) is 0 Å². The molecule has 0 aromatic heterocycles. The van der Waals surface area contributed by atoms with Crippen LogP contribution in [0.2, 0.25) is 0 Å². The van der Waals surface area contributed by atoms with Crippen LogP contribution in [0.25, 0.3) is 0 Å². The third-order valence-corrected chi connectivity index (χ3v) is 4.27. The van der Waals surface area contributed by atoms with Crippen molar-refractivity contribution in [1.82, 2.24) is 0 Å². The van der Waals surface area contributed by atoms with Crippen molar-refractivity contribution in [3.05, 3.63) is 0 Å². The van der Waals surface area contributed by atoms with Crippen molar-refractivity contribution in [3.8, 4) is 0 Å². The predicted molar refractivity (Wildman–Crippen MR) is 101 cm³/mol. The van der Waals surface area contributed by atoms with Crippen LogP contribution >= 0.6 is 0 Å². The maximum absolute atomic E-state index is 2.31. The Balaban J connectivity index is -0.000000154. The first kappa shape index (κ1) is 32.9. The summed E-state index contributed by atoms with van der Waals surface area (Å²) in [5.74, 6) is 0. The number of quaternary nitrogens is 4. The van der Waals surface area contributed by atoms with Crippen molar-refractivity contribution in [2.24, 2.45) is 0 Å². The van der Waals surface area contributed by atoms with E-state index in [1.54, 1.807) is 0 Å². The summed E-state index contributed by atoms with van der Waals surface area (Å²) in [6, 6.07) is 1.44. The summed E-state index contributed by atoms with van der Waals surface area (Å²) in [5.41, 5.74) is 0. The van der Waals surface area contributed by atoms with Gasteiger partial charge in [-0.15, -0.1) is 0 Å². The Kier molecular flexibility index (Phi) is 16.3. The lowest BCUT2D eigenvalue weighted by molar-refractivity contribution is -0.945. The monoisotopic (exact) mass is 574 g/mol. The van der Waals surface area contributed by atoms with E-state index in [1.165, 1.54) is 13.1 Å². The average Bonchev–Trinajstić information content (AvgIpc) is 2.09. The first-order chi connectivity index (χ1) is 9.26. The zero-order chi connectivity index (χ0) is 18.6. The van der Waals surface area contributed by atoms with Crippen molar-refractivity contribution in [2.75, 3.05) is 97.7 Å². The van der Waals surface area contributed by atoms with Crippen molar-refractivity contribution < 1.29 is 65.9 Å². The number of likely N-dealkylation sites (N-methyl/N-ethyl adjacent to an activating group) is 4. The van der Waals surface area contributed by atoms with Crippen LogP contribution in [-0.2, 0) is 0 Å². The SMILES string of the molecule is CC(C[N+](C)(C)C)[N+](C)(C)C.CC(C[N+](C)(C)C)[N+](C)(C)C.[I-].[I-]. The predicted octanol–water partition coefficient (Wildman–Crippen LogP) is -4.42. The Morgan fingerprint density at radius 3 is 0.667 bits per heavy atom. The standard InChI is InChI=1S/2C9H24N2.2HI/c2*1-9(11(5,6)7)8-10(2,3)4;;/h2*9H,8H2,1-7H3;2*1H/q2*+2;;/p-2. The molecule has 0 spiro atoms. The molecular weight excluding hydrogens is 526 g/mol. The van der Waals surface area contributed by atoms with Gasteiger partial charge in [-0.1, -0.05) is 0 Å². The average molecular weight is 574 g/mol. The second-order valence-electron chi connectivity index (χ2n) is 10.9. The number of nitrogens with zero attached hydrogens (tertiary/aromatic N) is 4. The van der Waals surface area contributed by atoms with Gasteiger partial charge in [0.25, 0.3) is 0 Å². The third-order valence-electron chi connectivity index (χ3n) is 4.27. The number of halogens is 2. The van der Waals surface area contributed by atoms with Crippen LogP contribution in [0.15, 0.2) is 0 Å². The lowest BCUT2D eigenvalue weighted by atomic mass is 10.2. The second-order valence-corrected chi connectivity index (χ2v) is 10.9. The van der Waals surface area contributed by atoms with E-state index in [2.05, 4.69) is 98.4 Å². The Hall–Kier alpha value is 1.30. The minimum atomic E-state index is 0. The molecule has 2 atom stereocenters. The molecule has 0 aliphatic carbocycles. The minimum Gasteiger partial charge on any atom is -1.00 e. The molecule has 0 saturated heterocycles. The van der Waals surface area contributed by atoms with E-state index in [0.717, 1.165) is 30.0 Å². The van der Waals surface area contributed by atoms with Gasteiger partial charge < -0.3 is 65.9 Å². The van der Waals surface area contributed by atoms with E-state index < -0.39 is 0 Å². The molecule has 0 heterocycles. The quantitative estimate of drug-likeness (QED) is 0.222. The van der Waals surface area contributed by atoms with Gasteiger partial charge in [-0.2, -0.15) is 0 Å². The van der Waals surface area contributed by atoms with Crippen LogP contribution in [0.3, 0.4) is 0 Å². The molecule has 2 unspecified atom stereocenters. The van der Waals surface area contributed by atoms with E-state index in [-0.39, 0.29) is 48.0 Å². The van der Waals surface area contributed by atoms with E-state index in [0.29, 0.717) is 0 Å². The third kappa shape index (κ3) is 21.3. The van der Waals surface area contributed by atoms with E-state index in [4.69, 9.17) is 0 Å². The molecule has 0 aliphatic rings. The Morgan fingerprint density at radius 1 is 0.458 bits per heavy atom. The van der Waals surface area contributed by atoms with Crippen LogP contribution in [0, 0.1) is 0 Å². The molecule has 24 heavy (non-hydrogen) atoms. The molecule has 0 saturated carbocycles. The summed E-state index contributed by atoms with van der Waals surface area (Å²) in [6.45, 7) is 7.07. The van der Waals surface area contributed by atoms with Crippen molar-refractivity contribution in [1.29, 1.82) is 0 Å². The maximum Gasteiger partial charge on any atom is 0.135 e. The van der Waals surface area contributed by atoms with Gasteiger partial charge in [0.1, 0.15) is 25.2 Å². The Labute approximate surface area is 188 Å². The highest BCUT2D eigenvalue weighted by atomic mass is 127. The molecular formula is C18H48I2N4+2. The fourth-order valence-electron chi connectivity index (χ4n) is 2.08. The van der Waals surface area contributed by atoms with Gasteiger partial charge in [-0.25, -0.2) is 0 Å². The first-order valence-corrected chi connectivity index (χ1v) is 8.49. The van der Waals surface area contributed by atoms with E-state index in [9.17, 15) is 0 Å². The van der Waals surface area contributed by atoms with Crippen molar-refractivity contribution in [2.45, 2.75) is 25.9 Å². The first-order valence-electron chi connectivity index (χ1n) is 8.49. The minimum absolute atomic E-state index is 0. The number of hydrogen-bond donors (Lipinski definition) is 0. The van der Waals surface area contributed by atoms with Gasteiger partial charge in [0.15, 0.2) is 0 Å². The normalized spacial score (nSPS) is 15.2. The zero-order valence-corrected chi connectivity index (χ0v) is 23.4. The summed E-state index contributed by atoms with van der Waals surface area (Å²) in [7, 11) is 27.0. The lowest BCUT2D eigenvalue weighted by Crippen LogP contribution is -3.00. The maximum atomic E-state index is 2.31. The van der Waals surface area contributed by atoms with Gasteiger partial charge >= 0.3 is 0 Å². The van der Waals surface area contributed by atoms with Crippen LogP contribution in [-0.4, -0.2) is 128 Å². The summed E-state index contributed by atoms with van der Waals surface area (Å²) >= 11 is 0. The van der Waals surface area contributed by atoms with E-state index in [1.807, 2.05) is 0 Å². The molecule has 0 bridgehead atoms. The van der Waals surface area contributed by atoms with Gasteiger partial charge in [-0.05, 0) is 13.8 Å². The lowest BCUT2D eigenvalue weighted by Gasteiger charge is -2.36. The summed E-state index contributed by atoms with van der Waals surface area (Å²) < 4.78 is 4.21. The Morgan fingerprint density at radius 2 is 0.625 bits per heavy atom. The molecule has 6 heteroatoms. The largest absolute Gasteiger partial charge is 1.00 e. The topological polar surface area (TPSA) is 0 Å². The van der Waals surface area contributed by atoms with Gasteiger partial charge in [0.2, 0.25) is 0 Å². The molecule has 0 rings (SSSR count). The molecule has 4 nitrogen and oxygen atoms in total. The molecule has 0 radical (unpaired) electrons. The van der Waals surface area contributed by atoms with Crippen LogP contribution in [0.5, 0.6) is 0 Å². The molecule has 0 fully saturated rings. The van der Waals surface area contributed by atoms with Gasteiger partial charge in [0, 0.05) is 0 Å². The molecule has 0 N–H and O–H groups in total. The van der Waals surface area contributed by atoms with Crippen molar-refractivity contribution >= 4 is 0 Å². The van der Waals surface area contributed by atoms with Gasteiger partial charge in [0.05, 0.1) is 84.6 Å². The molecule has 0 aliphatic heterocycles. The summed E-state index contributed by atoms with van der Waals surface area (Å²) in [5, 5.41) is 0. The van der Waals surface area contributed by atoms with Gasteiger partial charge in [-0.3, -0.25) is 0 Å². The van der Waals surface area contributed by atoms with E-state index >= 15 is 0 Å². The number of hydrogen-bond acceptors (Lipinski definition) is 0. The Bertz CT molecular complexity index is 275. The number of rotatable bonds is 6. The second kappa shape index (κ2) is 11.9.